The average Bonchev–Trinajstić information content (AvgIpc) is 3.07. The maximum atomic E-state index is 12.8. The van der Waals surface area contributed by atoms with Gasteiger partial charge in [-0.25, -0.2) is 4.79 Å². The predicted octanol–water partition coefficient (Wildman–Crippen LogP) is 3.31. The Morgan fingerprint density at radius 1 is 1.14 bits per heavy atom. The van der Waals surface area contributed by atoms with Crippen molar-refractivity contribution < 1.29 is 28.6 Å². The number of carbonyl (C=O) groups is 3. The minimum atomic E-state index is -0.592. The van der Waals surface area contributed by atoms with Crippen molar-refractivity contribution in [2.24, 2.45) is 5.92 Å². The standard InChI is InChI=1S/C21H29NO6/c1-4-9-17(20(24)26-5-2)19-18(28-15(3)23)12-13-22(19)21(25)27-14-16-10-7-6-8-11-16/h6-8,10-11,17-19H,4-5,9,12-14H2,1-3H3/t17-,18-,19+/m0/s1. The fourth-order valence-electron chi connectivity index (χ4n) is 3.61. The Bertz CT molecular complexity index is 662. The highest BCUT2D eigenvalue weighted by Crippen LogP contribution is 2.31. The number of ether oxygens (including phenoxy) is 3. The number of nitrogens with zero attached hydrogens (tertiary/aromatic N) is 1. The van der Waals surface area contributed by atoms with E-state index in [9.17, 15) is 14.4 Å². The maximum absolute atomic E-state index is 12.8. The summed E-state index contributed by atoms with van der Waals surface area (Å²) in [6.45, 7) is 5.77. The lowest BCUT2D eigenvalue weighted by Gasteiger charge is -2.32. The van der Waals surface area contributed by atoms with Crippen LogP contribution in [0.5, 0.6) is 0 Å². The van der Waals surface area contributed by atoms with Gasteiger partial charge in [-0.1, -0.05) is 43.7 Å². The van der Waals surface area contributed by atoms with E-state index in [0.717, 1.165) is 12.0 Å². The number of benzene rings is 1. The molecule has 1 fully saturated rings. The molecule has 0 N–H and O–H groups in total. The number of carbonyl (C=O) groups excluding carboxylic acids is 3. The Morgan fingerprint density at radius 2 is 1.86 bits per heavy atom. The molecule has 28 heavy (non-hydrogen) atoms. The number of rotatable bonds is 8. The van der Waals surface area contributed by atoms with Gasteiger partial charge in [-0.3, -0.25) is 9.59 Å². The minimum absolute atomic E-state index is 0.138. The first kappa shape index (κ1) is 21.7. The summed E-state index contributed by atoms with van der Waals surface area (Å²) in [7, 11) is 0. The Kier molecular flexibility index (Phi) is 8.29. The molecule has 0 bridgehead atoms. The summed E-state index contributed by atoms with van der Waals surface area (Å²) >= 11 is 0. The van der Waals surface area contributed by atoms with E-state index in [-0.39, 0.29) is 19.2 Å². The van der Waals surface area contributed by atoms with Gasteiger partial charge < -0.3 is 19.1 Å². The van der Waals surface area contributed by atoms with Gasteiger partial charge in [-0.2, -0.15) is 0 Å². The lowest BCUT2D eigenvalue weighted by Crippen LogP contribution is -2.48. The minimum Gasteiger partial charge on any atom is -0.466 e. The molecule has 1 saturated heterocycles. The molecule has 0 saturated carbocycles. The third kappa shape index (κ3) is 5.71. The van der Waals surface area contributed by atoms with E-state index in [0.29, 0.717) is 19.4 Å². The summed E-state index contributed by atoms with van der Waals surface area (Å²) in [5.41, 5.74) is 0.874. The van der Waals surface area contributed by atoms with Crippen molar-refractivity contribution in [1.82, 2.24) is 4.90 Å². The average molecular weight is 391 g/mol. The zero-order chi connectivity index (χ0) is 20.5. The topological polar surface area (TPSA) is 82.1 Å². The third-order valence-electron chi connectivity index (χ3n) is 4.75. The van der Waals surface area contributed by atoms with Crippen LogP contribution in [0, 0.1) is 5.92 Å². The van der Waals surface area contributed by atoms with E-state index in [1.54, 1.807) is 6.92 Å². The first-order valence-corrected chi connectivity index (χ1v) is 9.79. The molecule has 3 atom stereocenters. The van der Waals surface area contributed by atoms with Crippen LogP contribution in [0.15, 0.2) is 30.3 Å². The van der Waals surface area contributed by atoms with Crippen LogP contribution in [-0.4, -0.2) is 48.2 Å². The molecular formula is C21H29NO6. The lowest BCUT2D eigenvalue weighted by atomic mass is 9.91. The highest BCUT2D eigenvalue weighted by Gasteiger charge is 2.47. The van der Waals surface area contributed by atoms with E-state index in [1.807, 2.05) is 37.3 Å². The second-order valence-electron chi connectivity index (χ2n) is 6.81. The highest BCUT2D eigenvalue weighted by atomic mass is 16.6. The van der Waals surface area contributed by atoms with E-state index >= 15 is 0 Å². The summed E-state index contributed by atoms with van der Waals surface area (Å²) in [4.78, 5) is 38.4. The molecule has 0 spiro atoms. The Labute approximate surface area is 165 Å². The number of likely N-dealkylation sites (tertiary alicyclic amines) is 1. The zero-order valence-corrected chi connectivity index (χ0v) is 16.8. The molecule has 1 aliphatic rings. The molecule has 1 heterocycles. The summed E-state index contributed by atoms with van der Waals surface area (Å²) in [5.74, 6) is -1.39. The van der Waals surface area contributed by atoms with Crippen LogP contribution < -0.4 is 0 Å². The van der Waals surface area contributed by atoms with Crippen LogP contribution in [0.3, 0.4) is 0 Å². The molecule has 0 unspecified atom stereocenters. The molecule has 154 valence electrons. The SMILES string of the molecule is CCC[C@H](C(=O)OCC)[C@@H]1[C@@H](OC(C)=O)CCN1C(=O)OCc1ccccc1. The fraction of sp³-hybridized carbons (Fsp3) is 0.571. The van der Waals surface area contributed by atoms with Crippen molar-refractivity contribution in [2.45, 2.75) is 58.8 Å². The van der Waals surface area contributed by atoms with E-state index in [2.05, 4.69) is 0 Å². The first-order chi connectivity index (χ1) is 13.5. The number of hydrogen-bond donors (Lipinski definition) is 0. The van der Waals surface area contributed by atoms with Crippen LogP contribution >= 0.6 is 0 Å². The Morgan fingerprint density at radius 3 is 2.46 bits per heavy atom. The van der Waals surface area contributed by atoms with Crippen LogP contribution in [0.2, 0.25) is 0 Å². The quantitative estimate of drug-likeness (QED) is 0.499. The number of hydrogen-bond acceptors (Lipinski definition) is 6. The molecule has 7 nitrogen and oxygen atoms in total. The molecule has 1 aromatic rings. The maximum Gasteiger partial charge on any atom is 0.410 e. The molecule has 0 aromatic heterocycles. The van der Waals surface area contributed by atoms with Gasteiger partial charge in [0.15, 0.2) is 0 Å². The zero-order valence-electron chi connectivity index (χ0n) is 16.8. The largest absolute Gasteiger partial charge is 0.466 e. The smallest absolute Gasteiger partial charge is 0.410 e. The fourth-order valence-corrected chi connectivity index (χ4v) is 3.61. The lowest BCUT2D eigenvalue weighted by molar-refractivity contribution is -0.157. The van der Waals surface area contributed by atoms with Crippen molar-refractivity contribution >= 4 is 18.0 Å². The molecular weight excluding hydrogens is 362 g/mol. The Balaban J connectivity index is 2.17. The second-order valence-corrected chi connectivity index (χ2v) is 6.81. The van der Waals surface area contributed by atoms with Gasteiger partial charge in [0, 0.05) is 19.9 Å². The van der Waals surface area contributed by atoms with Crippen LogP contribution in [0.4, 0.5) is 4.79 Å². The summed E-state index contributed by atoms with van der Waals surface area (Å²) in [6, 6.07) is 8.78. The second kappa shape index (κ2) is 10.7. The molecule has 1 aromatic carbocycles. The van der Waals surface area contributed by atoms with E-state index < -0.39 is 30.1 Å². The number of amides is 1. The third-order valence-corrected chi connectivity index (χ3v) is 4.75. The molecule has 0 radical (unpaired) electrons. The Hall–Kier alpha value is -2.57. The molecule has 0 aliphatic carbocycles. The molecule has 7 heteroatoms. The van der Waals surface area contributed by atoms with Crippen molar-refractivity contribution in [3.05, 3.63) is 35.9 Å². The van der Waals surface area contributed by atoms with E-state index in [4.69, 9.17) is 14.2 Å². The normalized spacial score (nSPS) is 19.8. The summed E-state index contributed by atoms with van der Waals surface area (Å²) < 4.78 is 16.1. The highest BCUT2D eigenvalue weighted by molar-refractivity contribution is 5.76. The van der Waals surface area contributed by atoms with Gasteiger partial charge in [0.05, 0.1) is 18.6 Å². The van der Waals surface area contributed by atoms with Crippen LogP contribution in [0.25, 0.3) is 0 Å². The first-order valence-electron chi connectivity index (χ1n) is 9.79. The van der Waals surface area contributed by atoms with Crippen LogP contribution in [0.1, 0.15) is 45.6 Å². The predicted molar refractivity (Wildman–Crippen MR) is 102 cm³/mol. The molecule has 1 aliphatic heterocycles. The monoisotopic (exact) mass is 391 g/mol. The van der Waals surface area contributed by atoms with Crippen molar-refractivity contribution in [3.63, 3.8) is 0 Å². The van der Waals surface area contributed by atoms with Gasteiger partial charge in [0.25, 0.3) is 0 Å². The molecule has 2 rings (SSSR count). The van der Waals surface area contributed by atoms with Gasteiger partial charge in [0.1, 0.15) is 12.7 Å². The van der Waals surface area contributed by atoms with Crippen LogP contribution in [-0.2, 0) is 30.4 Å². The van der Waals surface area contributed by atoms with Gasteiger partial charge >= 0.3 is 18.0 Å². The van der Waals surface area contributed by atoms with Gasteiger partial charge in [0.2, 0.25) is 0 Å². The number of esters is 2. The summed E-state index contributed by atoms with van der Waals surface area (Å²) in [5, 5.41) is 0. The molecule has 1 amide bonds. The van der Waals surface area contributed by atoms with Crippen molar-refractivity contribution in [1.29, 1.82) is 0 Å². The summed E-state index contributed by atoms with van der Waals surface area (Å²) in [6.07, 6.45) is 0.657. The van der Waals surface area contributed by atoms with Crippen molar-refractivity contribution in [2.75, 3.05) is 13.2 Å². The van der Waals surface area contributed by atoms with Gasteiger partial charge in [-0.15, -0.1) is 0 Å². The van der Waals surface area contributed by atoms with Crippen molar-refractivity contribution in [3.8, 4) is 0 Å². The van der Waals surface area contributed by atoms with Gasteiger partial charge in [-0.05, 0) is 18.9 Å². The van der Waals surface area contributed by atoms with E-state index in [1.165, 1.54) is 11.8 Å².